The van der Waals surface area contributed by atoms with Gasteiger partial charge in [0.1, 0.15) is 0 Å². The van der Waals surface area contributed by atoms with E-state index < -0.39 is 0 Å². The molecule has 2 saturated carbocycles. The minimum Gasteiger partial charge on any atom is -0.311 e. The summed E-state index contributed by atoms with van der Waals surface area (Å²) in [6, 6.07) is 0. The standard InChI is InChI=1S/C11H16N2S/c1-2-9(1)11(3-4-11)7-12-5-10-6-14-8-13-10/h6,8-9,12H,1-5,7H2. The largest absolute Gasteiger partial charge is 0.311 e. The second-order valence-corrected chi connectivity index (χ2v) is 5.44. The van der Waals surface area contributed by atoms with Crippen LogP contribution in [0, 0.1) is 11.3 Å². The lowest BCUT2D eigenvalue weighted by Gasteiger charge is -2.14. The van der Waals surface area contributed by atoms with E-state index in [1.807, 2.05) is 5.51 Å². The maximum Gasteiger partial charge on any atom is 0.0795 e. The van der Waals surface area contributed by atoms with Crippen LogP contribution in [0.3, 0.4) is 0 Å². The summed E-state index contributed by atoms with van der Waals surface area (Å²) in [4.78, 5) is 4.27. The number of thiazole rings is 1. The number of nitrogens with one attached hydrogen (secondary N) is 1. The molecule has 2 nitrogen and oxygen atoms in total. The molecule has 1 aromatic rings. The van der Waals surface area contributed by atoms with Gasteiger partial charge in [-0.05, 0) is 37.0 Å². The number of hydrogen-bond acceptors (Lipinski definition) is 3. The van der Waals surface area contributed by atoms with Gasteiger partial charge in [0.05, 0.1) is 11.2 Å². The van der Waals surface area contributed by atoms with Gasteiger partial charge in [0, 0.05) is 18.5 Å². The molecule has 2 fully saturated rings. The Morgan fingerprint density at radius 2 is 2.36 bits per heavy atom. The molecule has 0 bridgehead atoms. The van der Waals surface area contributed by atoms with Gasteiger partial charge in [0.25, 0.3) is 0 Å². The van der Waals surface area contributed by atoms with E-state index in [0.29, 0.717) is 0 Å². The molecule has 2 aliphatic rings. The average molecular weight is 208 g/mol. The zero-order chi connectivity index (χ0) is 9.43. The van der Waals surface area contributed by atoms with E-state index in [-0.39, 0.29) is 0 Å². The van der Waals surface area contributed by atoms with Gasteiger partial charge < -0.3 is 5.32 Å². The quantitative estimate of drug-likeness (QED) is 0.804. The lowest BCUT2D eigenvalue weighted by Crippen LogP contribution is -2.25. The number of rotatable bonds is 5. The Morgan fingerprint density at radius 1 is 1.50 bits per heavy atom. The Balaban J connectivity index is 1.46. The van der Waals surface area contributed by atoms with Gasteiger partial charge in [-0.15, -0.1) is 11.3 Å². The number of hydrogen-bond donors (Lipinski definition) is 1. The van der Waals surface area contributed by atoms with E-state index in [1.54, 1.807) is 11.3 Å². The van der Waals surface area contributed by atoms with Crippen LogP contribution in [0.1, 0.15) is 31.4 Å². The van der Waals surface area contributed by atoms with Crippen molar-refractivity contribution in [1.29, 1.82) is 0 Å². The monoisotopic (exact) mass is 208 g/mol. The normalized spacial score (nSPS) is 23.7. The van der Waals surface area contributed by atoms with Crippen molar-refractivity contribution in [2.45, 2.75) is 32.2 Å². The summed E-state index contributed by atoms with van der Waals surface area (Å²) in [6.45, 7) is 2.17. The van der Waals surface area contributed by atoms with E-state index in [4.69, 9.17) is 0 Å². The predicted molar refractivity (Wildman–Crippen MR) is 58.2 cm³/mol. The van der Waals surface area contributed by atoms with E-state index in [1.165, 1.54) is 37.9 Å². The molecule has 0 saturated heterocycles. The molecular formula is C11H16N2S. The highest BCUT2D eigenvalue weighted by atomic mass is 32.1. The molecule has 0 unspecified atom stereocenters. The Bertz CT molecular complexity index is 299. The average Bonchev–Trinajstić information content (AvgIpc) is 3.07. The van der Waals surface area contributed by atoms with E-state index >= 15 is 0 Å². The summed E-state index contributed by atoms with van der Waals surface area (Å²) in [5.74, 6) is 1.06. The molecule has 1 aromatic heterocycles. The van der Waals surface area contributed by atoms with Crippen LogP contribution >= 0.6 is 11.3 Å². The zero-order valence-corrected chi connectivity index (χ0v) is 9.15. The summed E-state index contributed by atoms with van der Waals surface area (Å²) < 4.78 is 0. The van der Waals surface area contributed by atoms with Gasteiger partial charge in [0.15, 0.2) is 0 Å². The van der Waals surface area contributed by atoms with Crippen molar-refractivity contribution in [1.82, 2.24) is 10.3 Å². The molecule has 0 atom stereocenters. The molecule has 14 heavy (non-hydrogen) atoms. The van der Waals surface area contributed by atoms with Gasteiger partial charge in [-0.25, -0.2) is 4.98 Å². The van der Waals surface area contributed by atoms with Crippen molar-refractivity contribution in [3.8, 4) is 0 Å². The minimum absolute atomic E-state index is 0.718. The number of aromatic nitrogens is 1. The summed E-state index contributed by atoms with van der Waals surface area (Å²) in [5, 5.41) is 5.68. The van der Waals surface area contributed by atoms with Gasteiger partial charge in [-0.3, -0.25) is 0 Å². The summed E-state index contributed by atoms with van der Waals surface area (Å²) in [5.41, 5.74) is 3.82. The fraction of sp³-hybridized carbons (Fsp3) is 0.727. The van der Waals surface area contributed by atoms with Gasteiger partial charge in [-0.2, -0.15) is 0 Å². The van der Waals surface area contributed by atoms with E-state index in [0.717, 1.165) is 17.9 Å². The Labute approximate surface area is 88.7 Å². The first-order chi connectivity index (χ1) is 6.89. The first-order valence-electron chi connectivity index (χ1n) is 5.47. The molecular weight excluding hydrogens is 192 g/mol. The van der Waals surface area contributed by atoms with Gasteiger partial charge in [0.2, 0.25) is 0 Å². The van der Waals surface area contributed by atoms with Crippen molar-refractivity contribution in [3.05, 3.63) is 16.6 Å². The third-order valence-electron chi connectivity index (χ3n) is 3.60. The fourth-order valence-electron chi connectivity index (χ4n) is 2.35. The van der Waals surface area contributed by atoms with Crippen molar-refractivity contribution in [2.75, 3.05) is 6.54 Å². The van der Waals surface area contributed by atoms with Gasteiger partial charge in [-0.1, -0.05) is 0 Å². The Hall–Kier alpha value is -0.410. The van der Waals surface area contributed by atoms with Gasteiger partial charge >= 0.3 is 0 Å². The smallest absolute Gasteiger partial charge is 0.0795 e. The molecule has 0 amide bonds. The Morgan fingerprint density at radius 3 is 2.93 bits per heavy atom. The van der Waals surface area contributed by atoms with Crippen molar-refractivity contribution in [2.24, 2.45) is 11.3 Å². The van der Waals surface area contributed by atoms with Crippen LogP contribution in [0.25, 0.3) is 0 Å². The molecule has 0 spiro atoms. The molecule has 3 rings (SSSR count). The van der Waals surface area contributed by atoms with Crippen molar-refractivity contribution < 1.29 is 0 Å². The first kappa shape index (κ1) is 8.86. The highest BCUT2D eigenvalue weighted by Crippen LogP contribution is 2.60. The molecule has 76 valence electrons. The summed E-state index contributed by atoms with van der Waals surface area (Å²) in [7, 11) is 0. The van der Waals surface area contributed by atoms with E-state index in [9.17, 15) is 0 Å². The Kier molecular flexibility index (Phi) is 2.10. The highest BCUT2D eigenvalue weighted by molar-refractivity contribution is 7.07. The molecule has 1 N–H and O–H groups in total. The second-order valence-electron chi connectivity index (χ2n) is 4.72. The minimum atomic E-state index is 0.718. The maximum atomic E-state index is 4.27. The maximum absolute atomic E-state index is 4.27. The number of nitrogens with zero attached hydrogens (tertiary/aromatic N) is 1. The predicted octanol–water partition coefficient (Wildman–Crippen LogP) is 2.42. The van der Waals surface area contributed by atoms with Crippen molar-refractivity contribution >= 4 is 11.3 Å². The first-order valence-corrected chi connectivity index (χ1v) is 6.41. The summed E-state index contributed by atoms with van der Waals surface area (Å²) >= 11 is 1.68. The fourth-order valence-corrected chi connectivity index (χ4v) is 2.91. The molecule has 0 aliphatic heterocycles. The van der Waals surface area contributed by atoms with Crippen LogP contribution in [0.2, 0.25) is 0 Å². The highest BCUT2D eigenvalue weighted by Gasteiger charge is 2.53. The third-order valence-corrected chi connectivity index (χ3v) is 4.24. The van der Waals surface area contributed by atoms with Crippen LogP contribution < -0.4 is 5.32 Å². The lowest BCUT2D eigenvalue weighted by molar-refractivity contribution is 0.402. The zero-order valence-electron chi connectivity index (χ0n) is 8.33. The van der Waals surface area contributed by atoms with E-state index in [2.05, 4.69) is 15.7 Å². The summed E-state index contributed by atoms with van der Waals surface area (Å²) in [6.07, 6.45) is 5.89. The second kappa shape index (κ2) is 3.31. The van der Waals surface area contributed by atoms with Crippen LogP contribution in [0.4, 0.5) is 0 Å². The topological polar surface area (TPSA) is 24.9 Å². The van der Waals surface area contributed by atoms with Crippen LogP contribution in [-0.2, 0) is 6.54 Å². The van der Waals surface area contributed by atoms with Crippen LogP contribution in [0.15, 0.2) is 10.9 Å². The lowest BCUT2D eigenvalue weighted by atomic mass is 10.0. The molecule has 0 aromatic carbocycles. The molecule has 0 radical (unpaired) electrons. The van der Waals surface area contributed by atoms with Crippen LogP contribution in [-0.4, -0.2) is 11.5 Å². The molecule has 1 heterocycles. The third kappa shape index (κ3) is 1.71. The molecule has 2 aliphatic carbocycles. The van der Waals surface area contributed by atoms with Crippen molar-refractivity contribution in [3.63, 3.8) is 0 Å². The van der Waals surface area contributed by atoms with Crippen LogP contribution in [0.5, 0.6) is 0 Å². The SMILES string of the molecule is c1nc(CNCC2(C3CC3)CC2)cs1. The molecule has 3 heteroatoms.